The lowest BCUT2D eigenvalue weighted by Gasteiger charge is -2.48. The molecule has 6 fully saturated rings. The van der Waals surface area contributed by atoms with Crippen molar-refractivity contribution < 1.29 is 36.7 Å². The van der Waals surface area contributed by atoms with Gasteiger partial charge in [-0.05, 0) is 147 Å². The second kappa shape index (κ2) is 20.4. The molecule has 0 amide bonds. The minimum absolute atomic E-state index is 0.000437. The molecule has 6 saturated carbocycles. The van der Waals surface area contributed by atoms with E-state index in [0.717, 1.165) is 141 Å². The van der Waals surface area contributed by atoms with E-state index in [2.05, 4.69) is 20.8 Å². The van der Waals surface area contributed by atoms with Crippen molar-refractivity contribution >= 4 is 15.2 Å². The summed E-state index contributed by atoms with van der Waals surface area (Å²) in [5.74, 6) is 1.19. The molecule has 0 saturated heterocycles. The van der Waals surface area contributed by atoms with Crippen LogP contribution in [0.15, 0.2) is 0 Å². The van der Waals surface area contributed by atoms with Crippen molar-refractivity contribution in [3.63, 3.8) is 0 Å². The van der Waals surface area contributed by atoms with Gasteiger partial charge in [-0.3, -0.25) is 9.13 Å². The molecule has 0 aromatic heterocycles. The van der Waals surface area contributed by atoms with Crippen LogP contribution in [0.3, 0.4) is 0 Å². The Balaban J connectivity index is 1.03. The SMILES string of the molecule is CCC(C)(OC1CCCCC1)P(=O)(OC1CCCCC1)OC1CCC(C(C)(C)C2CCC(OC(C)(C)P(=O)(OC3CCCCC3)OC3CCCCC3)CC2)CC1. The third-order valence-electron chi connectivity index (χ3n) is 15.6. The Morgan fingerprint density at radius 2 is 0.696 bits per heavy atom. The van der Waals surface area contributed by atoms with Crippen molar-refractivity contribution in [2.24, 2.45) is 17.3 Å². The van der Waals surface area contributed by atoms with Crippen LogP contribution < -0.4 is 0 Å². The van der Waals surface area contributed by atoms with Gasteiger partial charge >= 0.3 is 15.2 Å². The van der Waals surface area contributed by atoms with Gasteiger partial charge in [-0.1, -0.05) is 97.8 Å². The van der Waals surface area contributed by atoms with Gasteiger partial charge in [-0.2, -0.15) is 0 Å². The van der Waals surface area contributed by atoms with Crippen LogP contribution in [0.1, 0.15) is 228 Å². The summed E-state index contributed by atoms with van der Waals surface area (Å²) in [7, 11) is -7.08. The number of rotatable bonds is 17. The Morgan fingerprint density at radius 1 is 0.393 bits per heavy atom. The topological polar surface area (TPSA) is 89.5 Å². The number of hydrogen-bond donors (Lipinski definition) is 0. The normalized spacial score (nSPS) is 31.5. The Morgan fingerprint density at radius 3 is 1.07 bits per heavy atom. The molecule has 8 nitrogen and oxygen atoms in total. The zero-order chi connectivity index (χ0) is 39.9. The van der Waals surface area contributed by atoms with Gasteiger partial charge in [0.25, 0.3) is 0 Å². The summed E-state index contributed by atoms with van der Waals surface area (Å²) in [6, 6.07) is 0. The Hall–Kier alpha value is 0.220. The van der Waals surface area contributed by atoms with Crippen LogP contribution in [0.25, 0.3) is 0 Å². The smallest absolute Gasteiger partial charge is 0.360 e. The van der Waals surface area contributed by atoms with Crippen LogP contribution in [0.5, 0.6) is 0 Å². The first-order chi connectivity index (χ1) is 26.7. The molecule has 0 radical (unpaired) electrons. The van der Waals surface area contributed by atoms with E-state index in [1.165, 1.54) is 38.5 Å². The summed E-state index contributed by atoms with van der Waals surface area (Å²) in [6.07, 6.45) is 30.9. The molecule has 0 aromatic carbocycles. The average Bonchev–Trinajstić information content (AvgIpc) is 3.19. The van der Waals surface area contributed by atoms with E-state index in [4.69, 9.17) is 27.6 Å². The minimum atomic E-state index is -3.56. The number of hydrogen-bond acceptors (Lipinski definition) is 8. The molecule has 0 aromatic rings. The number of ether oxygens (including phenoxy) is 2. The summed E-state index contributed by atoms with van der Waals surface area (Å²) >= 11 is 0. The van der Waals surface area contributed by atoms with Gasteiger partial charge in [0.1, 0.15) is 0 Å². The molecule has 0 spiro atoms. The highest BCUT2D eigenvalue weighted by Crippen LogP contribution is 2.67. The molecule has 0 bridgehead atoms. The second-order valence-corrected chi connectivity index (χ2v) is 25.3. The van der Waals surface area contributed by atoms with Crippen molar-refractivity contribution in [2.75, 3.05) is 0 Å². The first-order valence-corrected chi connectivity index (χ1v) is 27.1. The molecule has 0 aliphatic heterocycles. The molecule has 6 rings (SSSR count). The van der Waals surface area contributed by atoms with E-state index in [9.17, 15) is 4.57 Å². The summed E-state index contributed by atoms with van der Waals surface area (Å²) in [6.45, 7) is 13.0. The highest BCUT2D eigenvalue weighted by Gasteiger charge is 2.53. The predicted molar refractivity (Wildman–Crippen MR) is 227 cm³/mol. The third kappa shape index (κ3) is 11.6. The lowest BCUT2D eigenvalue weighted by molar-refractivity contribution is -0.0828. The fourth-order valence-electron chi connectivity index (χ4n) is 11.3. The molecule has 6 aliphatic carbocycles. The quantitative estimate of drug-likeness (QED) is 0.134. The van der Waals surface area contributed by atoms with Gasteiger partial charge < -0.3 is 27.6 Å². The molecule has 0 N–H and O–H groups in total. The van der Waals surface area contributed by atoms with Crippen molar-refractivity contribution in [3.8, 4) is 0 Å². The van der Waals surface area contributed by atoms with Gasteiger partial charge in [-0.25, -0.2) is 0 Å². The van der Waals surface area contributed by atoms with E-state index in [1.54, 1.807) is 0 Å². The van der Waals surface area contributed by atoms with Crippen LogP contribution >= 0.6 is 15.2 Å². The van der Waals surface area contributed by atoms with E-state index >= 15 is 4.57 Å². The summed E-state index contributed by atoms with van der Waals surface area (Å²) < 4.78 is 70.3. The monoisotopic (exact) mass is 827 g/mol. The standard InChI is InChI=1S/C46H84O8P2/c1-7-46(6,50-38-20-12-8-13-21-38)56(48,53-42-26-18-11-19-27-42)54-43-34-30-37(31-35-43)44(2,3)36-28-32-39(33-29-36)49-45(4,5)55(47,51-40-22-14-9-15-23-40)52-41-24-16-10-17-25-41/h36-43H,7-35H2,1-6H3. The highest BCUT2D eigenvalue weighted by atomic mass is 31.2. The van der Waals surface area contributed by atoms with Gasteiger partial charge in [0.15, 0.2) is 10.7 Å². The zero-order valence-corrected chi connectivity index (χ0v) is 38.6. The molecule has 0 heterocycles. The Bertz CT molecular complexity index is 1240. The highest BCUT2D eigenvalue weighted by molar-refractivity contribution is 7.55. The van der Waals surface area contributed by atoms with Crippen LogP contribution in [-0.4, -0.2) is 47.3 Å². The molecule has 10 heteroatoms. The maximum Gasteiger partial charge on any atom is 0.362 e. The van der Waals surface area contributed by atoms with Crippen molar-refractivity contribution in [1.82, 2.24) is 0 Å². The molecule has 2 atom stereocenters. The molecule has 326 valence electrons. The van der Waals surface area contributed by atoms with Crippen molar-refractivity contribution in [1.29, 1.82) is 0 Å². The Labute approximate surface area is 343 Å². The minimum Gasteiger partial charge on any atom is -0.360 e. The maximum atomic E-state index is 15.2. The van der Waals surface area contributed by atoms with Crippen LogP contribution in [0.2, 0.25) is 0 Å². The van der Waals surface area contributed by atoms with E-state index in [0.29, 0.717) is 18.3 Å². The van der Waals surface area contributed by atoms with Crippen molar-refractivity contribution in [3.05, 3.63) is 0 Å². The largest absolute Gasteiger partial charge is 0.362 e. The van der Waals surface area contributed by atoms with Crippen LogP contribution in [0.4, 0.5) is 0 Å². The lowest BCUT2D eigenvalue weighted by atomic mass is 9.60. The molecular formula is C46H84O8P2. The van der Waals surface area contributed by atoms with Gasteiger partial charge in [0, 0.05) is 0 Å². The van der Waals surface area contributed by atoms with E-state index in [-0.39, 0.29) is 42.0 Å². The zero-order valence-electron chi connectivity index (χ0n) is 36.8. The first-order valence-electron chi connectivity index (χ1n) is 24.0. The summed E-state index contributed by atoms with van der Waals surface area (Å²) in [4.78, 5) is 0. The molecule has 2 unspecified atom stereocenters. The van der Waals surface area contributed by atoms with Gasteiger partial charge in [0.05, 0.1) is 36.6 Å². The van der Waals surface area contributed by atoms with Crippen LogP contribution in [-0.2, 0) is 36.7 Å². The average molecular weight is 827 g/mol. The second-order valence-electron chi connectivity index (χ2n) is 20.4. The maximum absolute atomic E-state index is 15.2. The van der Waals surface area contributed by atoms with Crippen molar-refractivity contribution in [2.45, 2.75) is 275 Å². The Kier molecular flexibility index (Phi) is 16.7. The van der Waals surface area contributed by atoms with E-state index in [1.807, 2.05) is 20.8 Å². The lowest BCUT2D eigenvalue weighted by Crippen LogP contribution is -2.41. The predicted octanol–water partition coefficient (Wildman–Crippen LogP) is 14.8. The molecule has 56 heavy (non-hydrogen) atoms. The summed E-state index contributed by atoms with van der Waals surface area (Å²) in [5, 5.41) is -1.90. The fraction of sp³-hybridized carbons (Fsp3) is 1.00. The fourth-order valence-corrected chi connectivity index (χ4v) is 15.8. The van der Waals surface area contributed by atoms with Crippen LogP contribution in [0, 0.1) is 17.3 Å². The first kappa shape index (κ1) is 45.7. The molecular weight excluding hydrogens is 742 g/mol. The van der Waals surface area contributed by atoms with Gasteiger partial charge in [0.2, 0.25) is 0 Å². The van der Waals surface area contributed by atoms with E-state index < -0.39 is 25.9 Å². The third-order valence-corrected chi connectivity index (χ3v) is 20.9. The summed E-state index contributed by atoms with van der Waals surface area (Å²) in [5.41, 5.74) is 0.180. The molecule has 6 aliphatic rings. The van der Waals surface area contributed by atoms with Gasteiger partial charge in [-0.15, -0.1) is 0 Å².